The Labute approximate surface area is 223 Å². The van der Waals surface area contributed by atoms with E-state index in [1.165, 1.54) is 12.1 Å². The van der Waals surface area contributed by atoms with Gasteiger partial charge in [-0.15, -0.1) is 0 Å². The van der Waals surface area contributed by atoms with Crippen LogP contribution in [0.25, 0.3) is 0 Å². The highest BCUT2D eigenvalue weighted by Crippen LogP contribution is 2.44. The van der Waals surface area contributed by atoms with Crippen molar-refractivity contribution < 1.29 is 32.5 Å². The predicted octanol–water partition coefficient (Wildman–Crippen LogP) is 4.11. The van der Waals surface area contributed by atoms with Gasteiger partial charge in [0.2, 0.25) is 0 Å². The van der Waals surface area contributed by atoms with E-state index in [-0.39, 0.29) is 37.5 Å². The molecule has 2 fully saturated rings. The normalized spacial score (nSPS) is 26.4. The third-order valence-corrected chi connectivity index (χ3v) is 6.99. The van der Waals surface area contributed by atoms with Crippen molar-refractivity contribution in [2.45, 2.75) is 76.5 Å². The highest BCUT2D eigenvalue weighted by atomic mass is 19.2. The van der Waals surface area contributed by atoms with Crippen LogP contribution >= 0.6 is 0 Å². The Kier molecular flexibility index (Phi) is 8.84. The quantitative estimate of drug-likeness (QED) is 0.497. The van der Waals surface area contributed by atoms with Crippen molar-refractivity contribution >= 4 is 5.91 Å². The predicted molar refractivity (Wildman–Crippen MR) is 138 cm³/mol. The van der Waals surface area contributed by atoms with Gasteiger partial charge in [0.1, 0.15) is 6.10 Å². The zero-order chi connectivity index (χ0) is 27.5. The molecule has 1 aliphatic carbocycles. The number of benzene rings is 2. The van der Waals surface area contributed by atoms with Crippen LogP contribution in [-0.4, -0.2) is 67.7 Å². The molecule has 1 amide bonds. The molecule has 1 saturated carbocycles. The van der Waals surface area contributed by atoms with Crippen LogP contribution in [0.5, 0.6) is 0 Å². The fourth-order valence-corrected chi connectivity index (χ4v) is 5.14. The molecule has 0 spiro atoms. The van der Waals surface area contributed by atoms with Crippen molar-refractivity contribution in [3.8, 4) is 0 Å². The largest absolute Gasteiger partial charge is 0.370 e. The number of fused-ring (bicyclic) bond motifs is 1. The van der Waals surface area contributed by atoms with Gasteiger partial charge in [0.15, 0.2) is 23.0 Å². The summed E-state index contributed by atoms with van der Waals surface area (Å²) in [5.41, 5.74) is 0.848. The summed E-state index contributed by atoms with van der Waals surface area (Å²) in [5.74, 6) is -3.04. The maximum atomic E-state index is 14.4. The van der Waals surface area contributed by atoms with Gasteiger partial charge in [-0.1, -0.05) is 42.0 Å². The minimum atomic E-state index is -1.27. The molecular weight excluding hydrogens is 494 g/mol. The van der Waals surface area contributed by atoms with Gasteiger partial charge in [-0.25, -0.2) is 8.78 Å². The zero-order valence-electron chi connectivity index (χ0n) is 22.8. The van der Waals surface area contributed by atoms with Gasteiger partial charge < -0.3 is 29.2 Å². The highest BCUT2D eigenvalue weighted by molar-refractivity contribution is 5.85. The number of nitrogens with one attached hydrogen (secondary N) is 1. The van der Waals surface area contributed by atoms with E-state index in [9.17, 15) is 13.6 Å². The summed E-state index contributed by atoms with van der Waals surface area (Å²) >= 11 is 0. The van der Waals surface area contributed by atoms with Gasteiger partial charge >= 0.3 is 0 Å². The first-order valence-corrected chi connectivity index (χ1v) is 13.0. The Morgan fingerprint density at radius 2 is 1.87 bits per heavy atom. The number of likely N-dealkylation sites (N-methyl/N-ethyl adjacent to an activating group) is 1. The Morgan fingerprint density at radius 3 is 2.61 bits per heavy atom. The summed E-state index contributed by atoms with van der Waals surface area (Å²) in [6.07, 6.45) is -1.20. The summed E-state index contributed by atoms with van der Waals surface area (Å²) in [6, 6.07) is 11.9. The first kappa shape index (κ1) is 28.6. The molecule has 1 saturated heterocycles. The van der Waals surface area contributed by atoms with Crippen LogP contribution in [0, 0.1) is 18.6 Å². The molecule has 9 heteroatoms. The number of carbonyl (C=O) groups is 1. The second kappa shape index (κ2) is 11.8. The molecule has 1 heterocycles. The van der Waals surface area contributed by atoms with Crippen LogP contribution in [0.4, 0.5) is 8.78 Å². The Morgan fingerprint density at radius 1 is 1.11 bits per heavy atom. The number of rotatable bonds is 10. The lowest BCUT2D eigenvalue weighted by Gasteiger charge is -2.43. The van der Waals surface area contributed by atoms with Crippen LogP contribution in [0.1, 0.15) is 43.4 Å². The molecule has 4 atom stereocenters. The third kappa shape index (κ3) is 6.76. The number of halogens is 2. The lowest BCUT2D eigenvalue weighted by molar-refractivity contribution is -0.183. The van der Waals surface area contributed by atoms with Gasteiger partial charge in [-0.2, -0.15) is 0 Å². The van der Waals surface area contributed by atoms with E-state index in [2.05, 4.69) is 5.32 Å². The van der Waals surface area contributed by atoms with Crippen LogP contribution in [0.15, 0.2) is 42.5 Å². The topological polar surface area (TPSA) is 69.3 Å². The fraction of sp³-hybridized carbons (Fsp3) is 0.552. The Hall–Kier alpha value is -2.43. The van der Waals surface area contributed by atoms with Crippen molar-refractivity contribution in [1.29, 1.82) is 0 Å². The molecular formula is C29H38F2N2O5. The summed E-state index contributed by atoms with van der Waals surface area (Å²) in [5, 5.41) is 3.02. The smallest absolute Gasteiger partial charge is 0.252 e. The monoisotopic (exact) mass is 532 g/mol. The van der Waals surface area contributed by atoms with Gasteiger partial charge in [-0.05, 0) is 46.5 Å². The van der Waals surface area contributed by atoms with E-state index >= 15 is 0 Å². The van der Waals surface area contributed by atoms with Gasteiger partial charge in [0.05, 0.1) is 25.4 Å². The minimum absolute atomic E-state index is 0.0898. The lowest BCUT2D eigenvalue weighted by atomic mass is 9.78. The first-order chi connectivity index (χ1) is 18.0. The van der Waals surface area contributed by atoms with Gasteiger partial charge in [0, 0.05) is 31.5 Å². The molecule has 2 aliphatic rings. The number of ether oxygens (including phenoxy) is 4. The first-order valence-electron chi connectivity index (χ1n) is 13.0. The molecule has 1 N–H and O–H groups in total. The van der Waals surface area contributed by atoms with Crippen LogP contribution in [0.3, 0.4) is 0 Å². The molecule has 2 aromatic rings. The van der Waals surface area contributed by atoms with E-state index in [4.69, 9.17) is 18.9 Å². The summed E-state index contributed by atoms with van der Waals surface area (Å²) in [7, 11) is 3.87. The Balaban J connectivity index is 1.61. The Bertz CT molecular complexity index is 1130. The summed E-state index contributed by atoms with van der Waals surface area (Å²) in [6.45, 7) is 6.75. The minimum Gasteiger partial charge on any atom is -0.370 e. The number of amides is 1. The molecule has 0 unspecified atom stereocenters. The average Bonchev–Trinajstić information content (AvgIpc) is 3.17. The van der Waals surface area contributed by atoms with E-state index in [0.29, 0.717) is 13.1 Å². The van der Waals surface area contributed by atoms with Crippen LogP contribution in [0.2, 0.25) is 0 Å². The van der Waals surface area contributed by atoms with Crippen molar-refractivity contribution in [3.05, 3.63) is 70.8 Å². The van der Waals surface area contributed by atoms with E-state index in [1.54, 1.807) is 13.8 Å². The number of carbonyl (C=O) groups excluding carboxylic acids is 1. The molecule has 208 valence electrons. The van der Waals surface area contributed by atoms with Crippen molar-refractivity contribution in [2.75, 3.05) is 27.2 Å². The lowest BCUT2D eigenvalue weighted by Crippen LogP contribution is -2.60. The van der Waals surface area contributed by atoms with Crippen molar-refractivity contribution in [3.63, 3.8) is 0 Å². The summed E-state index contributed by atoms with van der Waals surface area (Å²) < 4.78 is 53.1. The molecule has 4 rings (SSSR count). The van der Waals surface area contributed by atoms with E-state index in [0.717, 1.165) is 17.2 Å². The maximum absolute atomic E-state index is 14.4. The molecule has 2 aromatic carbocycles. The van der Waals surface area contributed by atoms with Crippen molar-refractivity contribution in [1.82, 2.24) is 10.2 Å². The fourth-order valence-electron chi connectivity index (χ4n) is 5.14. The number of hydrogen-bond acceptors (Lipinski definition) is 6. The van der Waals surface area contributed by atoms with Gasteiger partial charge in [0.25, 0.3) is 5.91 Å². The van der Waals surface area contributed by atoms with Crippen molar-refractivity contribution in [2.24, 2.45) is 0 Å². The number of aryl methyl sites for hydroxylation is 1. The van der Waals surface area contributed by atoms with Gasteiger partial charge in [-0.3, -0.25) is 4.79 Å². The van der Waals surface area contributed by atoms with E-state index in [1.807, 2.05) is 50.2 Å². The SMILES string of the molecule is Cc1cccc(CO[C@]2(C(=O)NCCN(C)C)C[C@H](OCc3cccc(F)c3F)[C@@H]3OC(C)(C)O[C@@H]3C2)c1. The van der Waals surface area contributed by atoms with Crippen LogP contribution < -0.4 is 5.32 Å². The maximum Gasteiger partial charge on any atom is 0.252 e. The highest BCUT2D eigenvalue weighted by Gasteiger charge is 2.58. The van der Waals surface area contributed by atoms with E-state index < -0.39 is 41.3 Å². The average molecular weight is 533 g/mol. The molecule has 0 aromatic heterocycles. The second-order valence-corrected chi connectivity index (χ2v) is 10.9. The summed E-state index contributed by atoms with van der Waals surface area (Å²) in [4.78, 5) is 15.7. The van der Waals surface area contributed by atoms with Crippen LogP contribution in [-0.2, 0) is 37.0 Å². The molecule has 38 heavy (non-hydrogen) atoms. The molecule has 0 radical (unpaired) electrons. The molecule has 1 aliphatic heterocycles. The third-order valence-electron chi connectivity index (χ3n) is 6.99. The molecule has 0 bridgehead atoms. The number of nitrogens with zero attached hydrogens (tertiary/aromatic N) is 1. The second-order valence-electron chi connectivity index (χ2n) is 10.9. The molecule has 7 nitrogen and oxygen atoms in total. The number of hydrogen-bond donors (Lipinski definition) is 1. The standard InChI is InChI=1S/C29H38F2N2O5/c1-19-8-6-9-20(14-19)17-36-29(27(34)32-12-13-33(4)5)15-23(26-24(16-29)37-28(2,3)38-26)35-18-21-10-7-11-22(30)25(21)31/h6-11,14,23-24,26H,12-13,15-18H2,1-5H3,(H,32,34)/t23-,24+,26-,29+/m0/s1. The zero-order valence-corrected chi connectivity index (χ0v) is 22.8.